The number of nitrogens with one attached hydrogen (secondary N) is 3. The molecule has 0 atom stereocenters. The molecule has 7 nitrogen and oxygen atoms in total. The monoisotopic (exact) mass is 423 g/mol. The van der Waals surface area contributed by atoms with Crippen LogP contribution in [0.15, 0.2) is 34.9 Å². The van der Waals surface area contributed by atoms with Gasteiger partial charge in [-0.25, -0.2) is 4.79 Å². The lowest BCUT2D eigenvalue weighted by atomic mass is 10.2. The van der Waals surface area contributed by atoms with Crippen LogP contribution < -0.4 is 16.2 Å². The van der Waals surface area contributed by atoms with Crippen LogP contribution in [0.3, 0.4) is 0 Å². The molecule has 0 saturated carbocycles. The molecule has 27 heavy (non-hydrogen) atoms. The van der Waals surface area contributed by atoms with E-state index in [2.05, 4.69) is 16.2 Å². The molecule has 0 radical (unpaired) electrons. The van der Waals surface area contributed by atoms with Crippen molar-refractivity contribution < 1.29 is 18.7 Å². The predicted molar refractivity (Wildman–Crippen MR) is 108 cm³/mol. The van der Waals surface area contributed by atoms with Gasteiger partial charge in [-0.05, 0) is 43.4 Å². The molecule has 2 aromatic heterocycles. The van der Waals surface area contributed by atoms with E-state index in [4.69, 9.17) is 33.0 Å². The Bertz CT molecular complexity index is 1040. The minimum absolute atomic E-state index is 0.194. The molecule has 0 saturated heterocycles. The van der Waals surface area contributed by atoms with Gasteiger partial charge in [-0.2, -0.15) is 0 Å². The number of fused-ring (bicyclic) bond motifs is 1. The van der Waals surface area contributed by atoms with Gasteiger partial charge in [-0.3, -0.25) is 15.6 Å². The number of anilines is 1. The number of ether oxygens (including phenoxy) is 1. The number of halogens is 1. The van der Waals surface area contributed by atoms with E-state index in [1.54, 1.807) is 31.2 Å². The van der Waals surface area contributed by atoms with Crippen LogP contribution in [0.5, 0.6) is 0 Å². The summed E-state index contributed by atoms with van der Waals surface area (Å²) in [6, 6.07) is 6.90. The van der Waals surface area contributed by atoms with Gasteiger partial charge in [0, 0.05) is 15.8 Å². The van der Waals surface area contributed by atoms with Crippen molar-refractivity contribution in [2.45, 2.75) is 6.92 Å². The van der Waals surface area contributed by atoms with Gasteiger partial charge in [0.05, 0.1) is 24.0 Å². The molecule has 0 spiro atoms. The number of aryl methyl sites for hydroxylation is 1. The van der Waals surface area contributed by atoms with Gasteiger partial charge in [-0.15, -0.1) is 11.3 Å². The van der Waals surface area contributed by atoms with Crippen molar-refractivity contribution in [1.29, 1.82) is 0 Å². The first-order valence-electron chi connectivity index (χ1n) is 7.62. The molecule has 1 amide bonds. The Morgan fingerprint density at radius 3 is 2.70 bits per heavy atom. The third kappa shape index (κ3) is 4.05. The average molecular weight is 424 g/mol. The van der Waals surface area contributed by atoms with Gasteiger partial charge >= 0.3 is 5.97 Å². The fourth-order valence-electron chi connectivity index (χ4n) is 2.33. The van der Waals surface area contributed by atoms with Crippen molar-refractivity contribution in [2.24, 2.45) is 0 Å². The van der Waals surface area contributed by atoms with E-state index >= 15 is 0 Å². The van der Waals surface area contributed by atoms with Crippen LogP contribution in [-0.4, -0.2) is 24.1 Å². The number of rotatable bonds is 3. The van der Waals surface area contributed by atoms with Crippen LogP contribution in [0.25, 0.3) is 10.1 Å². The minimum Gasteiger partial charge on any atom is -0.469 e. The molecule has 0 bridgehead atoms. The van der Waals surface area contributed by atoms with Gasteiger partial charge in [0.25, 0.3) is 5.91 Å². The molecule has 0 unspecified atom stereocenters. The first kappa shape index (κ1) is 19.2. The van der Waals surface area contributed by atoms with Crippen molar-refractivity contribution in [3.05, 3.63) is 51.8 Å². The molecule has 2 heterocycles. The number of furan rings is 1. The van der Waals surface area contributed by atoms with Crippen LogP contribution in [0.2, 0.25) is 5.02 Å². The van der Waals surface area contributed by atoms with Gasteiger partial charge in [0.2, 0.25) is 0 Å². The largest absolute Gasteiger partial charge is 0.469 e. The lowest BCUT2D eigenvalue weighted by molar-refractivity contribution is 0.0606. The number of hydrogen-bond acceptors (Lipinski definition) is 6. The second kappa shape index (κ2) is 7.95. The normalized spacial score (nSPS) is 10.5. The second-order valence-electron chi connectivity index (χ2n) is 5.37. The SMILES string of the molecule is COC(=O)c1sc2cc(NC(=S)NNC(=O)c3ccoc3C)ccc2c1Cl. The Hall–Kier alpha value is -2.62. The number of thiophene rings is 1. The number of hydrogen-bond donors (Lipinski definition) is 3. The topological polar surface area (TPSA) is 92.6 Å². The summed E-state index contributed by atoms with van der Waals surface area (Å²) in [5.74, 6) is -0.339. The Morgan fingerprint density at radius 1 is 1.26 bits per heavy atom. The van der Waals surface area contributed by atoms with Gasteiger partial charge in [0.15, 0.2) is 5.11 Å². The first-order chi connectivity index (χ1) is 12.9. The average Bonchev–Trinajstić information content (AvgIpc) is 3.22. The molecule has 3 rings (SSSR count). The third-order valence-electron chi connectivity index (χ3n) is 3.65. The number of carbonyl (C=O) groups excluding carboxylic acids is 2. The first-order valence-corrected chi connectivity index (χ1v) is 9.22. The number of carbonyl (C=O) groups is 2. The summed E-state index contributed by atoms with van der Waals surface area (Å²) in [7, 11) is 1.31. The van der Waals surface area contributed by atoms with Crippen LogP contribution in [0.4, 0.5) is 5.69 Å². The summed E-state index contributed by atoms with van der Waals surface area (Å²) < 4.78 is 10.6. The van der Waals surface area contributed by atoms with Gasteiger partial charge in [0.1, 0.15) is 10.6 Å². The fourth-order valence-corrected chi connectivity index (χ4v) is 3.97. The Labute approximate surface area is 168 Å². The van der Waals surface area contributed by atoms with Crippen LogP contribution in [0.1, 0.15) is 25.8 Å². The molecule has 0 aliphatic rings. The summed E-state index contributed by atoms with van der Waals surface area (Å²) >= 11 is 12.6. The number of thiocarbonyl (C=S) groups is 1. The van der Waals surface area contributed by atoms with Crippen molar-refractivity contribution in [3.8, 4) is 0 Å². The quantitative estimate of drug-likeness (QED) is 0.334. The number of esters is 1. The van der Waals surface area contributed by atoms with Crippen LogP contribution in [0, 0.1) is 6.92 Å². The maximum Gasteiger partial charge on any atom is 0.349 e. The van der Waals surface area contributed by atoms with Gasteiger partial charge < -0.3 is 14.5 Å². The number of benzene rings is 1. The highest BCUT2D eigenvalue weighted by Gasteiger charge is 2.18. The highest BCUT2D eigenvalue weighted by Crippen LogP contribution is 2.37. The molecule has 0 fully saturated rings. The predicted octanol–water partition coefficient (Wildman–Crippen LogP) is 3.87. The zero-order valence-electron chi connectivity index (χ0n) is 14.2. The molecule has 10 heteroatoms. The Balaban J connectivity index is 1.67. The van der Waals surface area contributed by atoms with E-state index in [0.717, 1.165) is 10.1 Å². The molecular weight excluding hydrogens is 410 g/mol. The van der Waals surface area contributed by atoms with E-state index in [0.29, 0.717) is 26.9 Å². The Morgan fingerprint density at radius 2 is 2.04 bits per heavy atom. The van der Waals surface area contributed by atoms with E-state index in [1.807, 2.05) is 0 Å². The Kier molecular flexibility index (Phi) is 5.64. The zero-order chi connectivity index (χ0) is 19.6. The van der Waals surface area contributed by atoms with Crippen molar-refractivity contribution in [3.63, 3.8) is 0 Å². The molecule has 3 N–H and O–H groups in total. The molecule has 0 aliphatic carbocycles. The number of hydrazine groups is 1. The number of amides is 1. The second-order valence-corrected chi connectivity index (χ2v) is 7.21. The van der Waals surface area contributed by atoms with Crippen molar-refractivity contribution in [1.82, 2.24) is 10.9 Å². The van der Waals surface area contributed by atoms with Crippen LogP contribution >= 0.6 is 35.2 Å². The molecule has 1 aromatic carbocycles. The maximum absolute atomic E-state index is 12.0. The molecular formula is C17H14ClN3O4S2. The molecule has 140 valence electrons. The smallest absolute Gasteiger partial charge is 0.349 e. The fraction of sp³-hybridized carbons (Fsp3) is 0.118. The summed E-state index contributed by atoms with van der Waals surface area (Å²) in [5, 5.41) is 4.25. The summed E-state index contributed by atoms with van der Waals surface area (Å²) in [6.07, 6.45) is 1.44. The number of methoxy groups -OCH3 is 1. The summed E-state index contributed by atoms with van der Waals surface area (Å²) in [6.45, 7) is 1.69. The van der Waals surface area contributed by atoms with Gasteiger partial charge in [-0.1, -0.05) is 11.6 Å². The van der Waals surface area contributed by atoms with E-state index in [9.17, 15) is 9.59 Å². The maximum atomic E-state index is 12.0. The summed E-state index contributed by atoms with van der Waals surface area (Å²) in [4.78, 5) is 24.1. The van der Waals surface area contributed by atoms with Crippen LogP contribution in [-0.2, 0) is 4.74 Å². The molecule has 0 aliphatic heterocycles. The highest BCUT2D eigenvalue weighted by atomic mass is 35.5. The zero-order valence-corrected chi connectivity index (χ0v) is 16.6. The van der Waals surface area contributed by atoms with E-state index < -0.39 is 5.97 Å². The minimum atomic E-state index is -0.481. The third-order valence-corrected chi connectivity index (χ3v) is 5.49. The van der Waals surface area contributed by atoms with E-state index in [-0.39, 0.29) is 11.0 Å². The standard InChI is InChI=1S/C17H14ClN3O4S2/c1-8-10(5-6-25-8)15(22)20-21-17(26)19-9-3-4-11-12(7-9)27-14(13(11)18)16(23)24-2/h3-7H,1-2H3,(H,20,22)(H2,19,21,26). The van der Waals surface area contributed by atoms with Crippen molar-refractivity contribution >= 4 is 67.9 Å². The lowest BCUT2D eigenvalue weighted by Gasteiger charge is -2.11. The molecule has 3 aromatic rings. The van der Waals surface area contributed by atoms with Crippen molar-refractivity contribution in [2.75, 3.05) is 12.4 Å². The highest BCUT2D eigenvalue weighted by molar-refractivity contribution is 7.80. The van der Waals surface area contributed by atoms with E-state index in [1.165, 1.54) is 24.7 Å². The lowest BCUT2D eigenvalue weighted by Crippen LogP contribution is -2.43. The summed E-state index contributed by atoms with van der Waals surface area (Å²) in [5.41, 5.74) is 6.19.